The van der Waals surface area contributed by atoms with E-state index in [1.54, 1.807) is 0 Å². The summed E-state index contributed by atoms with van der Waals surface area (Å²) >= 11 is 4.38. The topological polar surface area (TPSA) is 0 Å². The molecule has 0 aromatic heterocycles. The van der Waals surface area contributed by atoms with Crippen molar-refractivity contribution >= 4 is 12.6 Å². The molecule has 0 fully saturated rings. The smallest absolute Gasteiger partial charge is 0.00748 e. The molecular weight excluding hydrogens is 152 g/mol. The number of hydrogen-bond donors (Lipinski definition) is 1. The molecule has 1 heteroatoms. The van der Waals surface area contributed by atoms with Crippen molar-refractivity contribution in [2.45, 2.75) is 31.6 Å². The summed E-state index contributed by atoms with van der Waals surface area (Å²) in [6, 6.07) is 6.36. The van der Waals surface area contributed by atoms with Crippen LogP contribution in [-0.2, 0) is 0 Å². The quantitative estimate of drug-likeness (QED) is 0.607. The Bertz CT molecular complexity index is 251. The Kier molecular flexibility index (Phi) is 2.61. The molecule has 0 saturated carbocycles. The molecule has 1 aromatic carbocycles. The second-order valence-corrected chi connectivity index (χ2v) is 3.70. The van der Waals surface area contributed by atoms with E-state index in [-0.39, 0.29) is 0 Å². The number of benzene rings is 1. The van der Waals surface area contributed by atoms with E-state index in [0.29, 0.717) is 5.92 Å². The van der Waals surface area contributed by atoms with Crippen molar-refractivity contribution in [3.05, 3.63) is 29.3 Å². The lowest BCUT2D eigenvalue weighted by molar-refractivity contribution is 0.841. The first-order chi connectivity index (χ1) is 5.11. The zero-order chi connectivity index (χ0) is 8.43. The minimum absolute atomic E-state index is 0.572. The summed E-state index contributed by atoms with van der Waals surface area (Å²) in [6.45, 7) is 6.49. The fourth-order valence-electron chi connectivity index (χ4n) is 1.14. The third-order valence-electron chi connectivity index (χ3n) is 1.81. The second kappa shape index (κ2) is 3.31. The number of rotatable bonds is 1. The molecule has 0 aliphatic heterocycles. The van der Waals surface area contributed by atoms with Crippen molar-refractivity contribution in [3.8, 4) is 0 Å². The van der Waals surface area contributed by atoms with Gasteiger partial charge < -0.3 is 0 Å². The second-order valence-electron chi connectivity index (χ2n) is 3.22. The lowest BCUT2D eigenvalue weighted by atomic mass is 10.0. The predicted molar refractivity (Wildman–Crippen MR) is 52.5 cm³/mol. The third kappa shape index (κ3) is 2.00. The van der Waals surface area contributed by atoms with E-state index in [4.69, 9.17) is 0 Å². The largest absolute Gasteiger partial charge is 0.143 e. The van der Waals surface area contributed by atoms with Crippen LogP contribution in [-0.4, -0.2) is 0 Å². The Morgan fingerprint density at radius 1 is 1.27 bits per heavy atom. The summed E-state index contributed by atoms with van der Waals surface area (Å²) in [5.74, 6) is 0.572. The summed E-state index contributed by atoms with van der Waals surface area (Å²) in [5.41, 5.74) is 2.65. The molecule has 0 radical (unpaired) electrons. The van der Waals surface area contributed by atoms with Gasteiger partial charge in [0.25, 0.3) is 0 Å². The Morgan fingerprint density at radius 3 is 2.36 bits per heavy atom. The van der Waals surface area contributed by atoms with Gasteiger partial charge in [-0.1, -0.05) is 31.5 Å². The molecule has 0 aliphatic carbocycles. The summed E-state index contributed by atoms with van der Waals surface area (Å²) in [7, 11) is 0. The predicted octanol–water partition coefficient (Wildman–Crippen LogP) is 3.41. The molecule has 1 rings (SSSR count). The zero-order valence-corrected chi connectivity index (χ0v) is 8.15. The van der Waals surface area contributed by atoms with Gasteiger partial charge in [-0.15, -0.1) is 12.6 Å². The number of aryl methyl sites for hydroxylation is 1. The van der Waals surface area contributed by atoms with Gasteiger partial charge in [0, 0.05) is 4.90 Å². The lowest BCUT2D eigenvalue weighted by Crippen LogP contribution is -1.89. The van der Waals surface area contributed by atoms with Crippen molar-refractivity contribution in [3.63, 3.8) is 0 Å². The van der Waals surface area contributed by atoms with E-state index in [9.17, 15) is 0 Å². The first-order valence-corrected chi connectivity index (χ1v) is 4.35. The van der Waals surface area contributed by atoms with Gasteiger partial charge in [-0.05, 0) is 24.5 Å². The summed E-state index contributed by atoms with van der Waals surface area (Å²) in [5, 5.41) is 0. The monoisotopic (exact) mass is 166 g/mol. The number of thiol groups is 1. The van der Waals surface area contributed by atoms with Gasteiger partial charge in [-0.25, -0.2) is 0 Å². The van der Waals surface area contributed by atoms with Crippen molar-refractivity contribution in [1.82, 2.24) is 0 Å². The molecule has 1 aromatic rings. The molecule has 0 heterocycles. The number of hydrogen-bond acceptors (Lipinski definition) is 1. The Morgan fingerprint density at radius 2 is 1.91 bits per heavy atom. The van der Waals surface area contributed by atoms with Crippen LogP contribution in [0.15, 0.2) is 23.1 Å². The van der Waals surface area contributed by atoms with Crippen LogP contribution >= 0.6 is 12.6 Å². The average Bonchev–Trinajstić information content (AvgIpc) is 1.94. The summed E-state index contributed by atoms with van der Waals surface area (Å²) < 4.78 is 0. The first-order valence-electron chi connectivity index (χ1n) is 3.91. The molecule has 0 nitrogen and oxygen atoms in total. The van der Waals surface area contributed by atoms with E-state index in [1.165, 1.54) is 11.1 Å². The Balaban J connectivity index is 3.13. The molecule has 0 unspecified atom stereocenters. The lowest BCUT2D eigenvalue weighted by Gasteiger charge is -2.08. The molecule has 60 valence electrons. The average molecular weight is 166 g/mol. The minimum Gasteiger partial charge on any atom is -0.143 e. The maximum absolute atomic E-state index is 4.38. The minimum atomic E-state index is 0.572. The van der Waals surface area contributed by atoms with Crippen molar-refractivity contribution in [1.29, 1.82) is 0 Å². The summed E-state index contributed by atoms with van der Waals surface area (Å²) in [4.78, 5) is 1.10. The molecule has 0 atom stereocenters. The molecule has 0 amide bonds. The van der Waals surface area contributed by atoms with Crippen LogP contribution in [0.3, 0.4) is 0 Å². The fraction of sp³-hybridized carbons (Fsp3) is 0.400. The van der Waals surface area contributed by atoms with Crippen molar-refractivity contribution < 1.29 is 0 Å². The van der Waals surface area contributed by atoms with Crippen LogP contribution in [0.5, 0.6) is 0 Å². The maximum atomic E-state index is 4.38. The maximum Gasteiger partial charge on any atom is 0.00748 e. The van der Waals surface area contributed by atoms with E-state index in [1.807, 2.05) is 0 Å². The van der Waals surface area contributed by atoms with Gasteiger partial charge in [0.1, 0.15) is 0 Å². The van der Waals surface area contributed by atoms with Crippen LogP contribution in [0.2, 0.25) is 0 Å². The molecule has 0 N–H and O–H groups in total. The van der Waals surface area contributed by atoms with Gasteiger partial charge in [0.05, 0.1) is 0 Å². The molecular formula is C10H14S. The van der Waals surface area contributed by atoms with Gasteiger partial charge in [0.15, 0.2) is 0 Å². The highest BCUT2D eigenvalue weighted by Crippen LogP contribution is 2.23. The highest BCUT2D eigenvalue weighted by Gasteiger charge is 2.02. The van der Waals surface area contributed by atoms with E-state index in [0.717, 1.165) is 4.90 Å². The Hall–Kier alpha value is -0.430. The van der Waals surface area contributed by atoms with E-state index >= 15 is 0 Å². The van der Waals surface area contributed by atoms with Crippen molar-refractivity contribution in [2.24, 2.45) is 0 Å². The molecule has 0 bridgehead atoms. The third-order valence-corrected chi connectivity index (χ3v) is 2.21. The van der Waals surface area contributed by atoms with Crippen LogP contribution in [0.1, 0.15) is 30.9 Å². The molecule has 0 saturated heterocycles. The molecule has 0 spiro atoms. The fourth-order valence-corrected chi connectivity index (χ4v) is 1.53. The first kappa shape index (κ1) is 8.66. The highest BCUT2D eigenvalue weighted by molar-refractivity contribution is 7.80. The van der Waals surface area contributed by atoms with Gasteiger partial charge >= 0.3 is 0 Å². The van der Waals surface area contributed by atoms with Crippen molar-refractivity contribution in [2.75, 3.05) is 0 Å². The standard InChI is InChI=1S/C10H14S/c1-7(2)9-6-8(3)4-5-10(9)11/h4-7,11H,1-3H3. The van der Waals surface area contributed by atoms with Gasteiger partial charge in [0.2, 0.25) is 0 Å². The normalized spacial score (nSPS) is 10.6. The van der Waals surface area contributed by atoms with Crippen LogP contribution < -0.4 is 0 Å². The van der Waals surface area contributed by atoms with Crippen LogP contribution in [0.4, 0.5) is 0 Å². The van der Waals surface area contributed by atoms with Crippen LogP contribution in [0.25, 0.3) is 0 Å². The van der Waals surface area contributed by atoms with E-state index < -0.39 is 0 Å². The Labute approximate surface area is 74.0 Å². The van der Waals surface area contributed by atoms with Gasteiger partial charge in [-0.2, -0.15) is 0 Å². The van der Waals surface area contributed by atoms with Gasteiger partial charge in [-0.3, -0.25) is 0 Å². The molecule has 11 heavy (non-hydrogen) atoms. The SMILES string of the molecule is Cc1ccc(S)c(C(C)C)c1. The zero-order valence-electron chi connectivity index (χ0n) is 7.26. The van der Waals surface area contributed by atoms with Crippen LogP contribution in [0, 0.1) is 6.92 Å². The highest BCUT2D eigenvalue weighted by atomic mass is 32.1. The van der Waals surface area contributed by atoms with E-state index in [2.05, 4.69) is 51.6 Å². The summed E-state index contributed by atoms with van der Waals surface area (Å²) in [6.07, 6.45) is 0. The molecule has 0 aliphatic rings.